The van der Waals surface area contributed by atoms with Crippen LogP contribution in [0.1, 0.15) is 42.5 Å². The Balaban J connectivity index is 1.42. The number of nitrogens with zero attached hydrogens (tertiary/aromatic N) is 1. The number of nitrogens with one attached hydrogen (secondary N) is 3. The molecule has 0 spiro atoms. The van der Waals surface area contributed by atoms with E-state index >= 15 is 0 Å². The normalized spacial score (nSPS) is 20.3. The second-order valence-electron chi connectivity index (χ2n) is 8.05. The maximum absolute atomic E-state index is 12.5. The number of benzene rings is 1. The molecule has 1 aromatic rings. The quantitative estimate of drug-likeness (QED) is 0.293. The summed E-state index contributed by atoms with van der Waals surface area (Å²) in [5.74, 6) is 1.01. The SMILES string of the molecule is O=C(CCCCC1CCSS1)NCC(CNC(=O)c1ccccc1O)N1CCNCC1. The first-order valence-electron chi connectivity index (χ1n) is 11.2. The number of phenols is 1. The van der Waals surface area contributed by atoms with Gasteiger partial charge in [-0.25, -0.2) is 0 Å². The van der Waals surface area contributed by atoms with Gasteiger partial charge in [0.25, 0.3) is 5.91 Å². The molecule has 2 heterocycles. The van der Waals surface area contributed by atoms with Crippen molar-refractivity contribution in [2.75, 3.05) is 45.0 Å². The highest BCUT2D eigenvalue weighted by molar-refractivity contribution is 8.77. The molecule has 4 N–H and O–H groups in total. The fraction of sp³-hybridized carbons (Fsp3) is 0.636. The Labute approximate surface area is 192 Å². The van der Waals surface area contributed by atoms with E-state index in [0.29, 0.717) is 19.5 Å². The lowest BCUT2D eigenvalue weighted by Gasteiger charge is -2.35. The monoisotopic (exact) mass is 466 g/mol. The molecule has 2 saturated heterocycles. The molecule has 2 aliphatic heterocycles. The van der Waals surface area contributed by atoms with E-state index in [0.717, 1.165) is 44.3 Å². The third kappa shape index (κ3) is 8.21. The number of aromatic hydroxyl groups is 1. The van der Waals surface area contributed by atoms with Gasteiger partial charge in [-0.15, -0.1) is 0 Å². The van der Waals surface area contributed by atoms with Crippen LogP contribution in [0.25, 0.3) is 0 Å². The third-order valence-corrected chi connectivity index (χ3v) is 8.76. The van der Waals surface area contributed by atoms with Crippen molar-refractivity contribution in [2.24, 2.45) is 0 Å². The van der Waals surface area contributed by atoms with Gasteiger partial charge in [0, 0.05) is 62.7 Å². The van der Waals surface area contributed by atoms with Crippen molar-refractivity contribution in [1.29, 1.82) is 0 Å². The van der Waals surface area contributed by atoms with Crippen molar-refractivity contribution in [2.45, 2.75) is 43.4 Å². The Kier molecular flexibility index (Phi) is 10.3. The first kappa shape index (κ1) is 24.2. The number of carbonyl (C=O) groups excluding carboxylic acids is 2. The number of hydrogen-bond donors (Lipinski definition) is 4. The van der Waals surface area contributed by atoms with Crippen LogP contribution in [0, 0.1) is 0 Å². The maximum atomic E-state index is 12.5. The average molecular weight is 467 g/mol. The fourth-order valence-corrected chi connectivity index (χ4v) is 6.92. The molecule has 2 amide bonds. The number of unbranched alkanes of at least 4 members (excludes halogenated alkanes) is 1. The summed E-state index contributed by atoms with van der Waals surface area (Å²) in [5.41, 5.74) is 0.268. The van der Waals surface area contributed by atoms with Gasteiger partial charge in [0.2, 0.25) is 5.91 Å². The molecule has 3 rings (SSSR count). The van der Waals surface area contributed by atoms with E-state index in [1.54, 1.807) is 18.2 Å². The van der Waals surface area contributed by atoms with Gasteiger partial charge in [0.05, 0.1) is 5.56 Å². The van der Waals surface area contributed by atoms with Crippen molar-refractivity contribution in [3.8, 4) is 5.75 Å². The fourth-order valence-electron chi connectivity index (χ4n) is 3.89. The Morgan fingerprint density at radius 3 is 2.68 bits per heavy atom. The molecule has 9 heteroatoms. The molecule has 2 atom stereocenters. The highest BCUT2D eigenvalue weighted by atomic mass is 33.1. The van der Waals surface area contributed by atoms with Crippen molar-refractivity contribution in [1.82, 2.24) is 20.9 Å². The predicted molar refractivity (Wildman–Crippen MR) is 129 cm³/mol. The summed E-state index contributed by atoms with van der Waals surface area (Å²) >= 11 is 0. The summed E-state index contributed by atoms with van der Waals surface area (Å²) < 4.78 is 0. The number of hydrogen-bond acceptors (Lipinski definition) is 7. The zero-order valence-electron chi connectivity index (χ0n) is 18.0. The van der Waals surface area contributed by atoms with Crippen LogP contribution in [0.4, 0.5) is 0 Å². The van der Waals surface area contributed by atoms with Gasteiger partial charge in [0.15, 0.2) is 0 Å². The number of para-hydroxylation sites is 1. The summed E-state index contributed by atoms with van der Waals surface area (Å²) in [4.78, 5) is 27.1. The number of phenolic OH excluding ortho intramolecular Hbond substituents is 1. The Hall–Kier alpha value is -1.42. The molecular formula is C22H34N4O3S2. The van der Waals surface area contributed by atoms with Crippen LogP contribution in [0.3, 0.4) is 0 Å². The van der Waals surface area contributed by atoms with Crippen LogP contribution in [0.15, 0.2) is 24.3 Å². The molecule has 0 aliphatic carbocycles. The third-order valence-electron chi connectivity index (χ3n) is 5.76. The van der Waals surface area contributed by atoms with E-state index in [4.69, 9.17) is 0 Å². The standard InChI is InChI=1S/C22H34N4O3S2/c27-20-7-3-2-6-19(20)22(29)25-16-17(26-12-10-23-11-13-26)15-24-21(28)8-4-1-5-18-9-14-30-31-18/h2-3,6-7,17-18,23,27H,1,4-5,8-16H2,(H,24,28)(H,25,29). The van der Waals surface area contributed by atoms with Gasteiger partial charge < -0.3 is 21.1 Å². The van der Waals surface area contributed by atoms with Gasteiger partial charge >= 0.3 is 0 Å². The van der Waals surface area contributed by atoms with Gasteiger partial charge in [-0.3, -0.25) is 14.5 Å². The minimum atomic E-state index is -0.299. The van der Waals surface area contributed by atoms with E-state index < -0.39 is 0 Å². The van der Waals surface area contributed by atoms with Crippen LogP contribution in [-0.4, -0.2) is 78.1 Å². The lowest BCUT2D eigenvalue weighted by molar-refractivity contribution is -0.121. The van der Waals surface area contributed by atoms with Crippen molar-refractivity contribution in [3.63, 3.8) is 0 Å². The Morgan fingerprint density at radius 2 is 1.94 bits per heavy atom. The molecule has 172 valence electrons. The van der Waals surface area contributed by atoms with Crippen LogP contribution in [-0.2, 0) is 4.79 Å². The largest absolute Gasteiger partial charge is 0.507 e. The average Bonchev–Trinajstić information content (AvgIpc) is 3.31. The van der Waals surface area contributed by atoms with E-state index in [-0.39, 0.29) is 29.2 Å². The first-order chi connectivity index (χ1) is 15.1. The summed E-state index contributed by atoms with van der Waals surface area (Å²) in [6.07, 6.45) is 5.08. The number of rotatable bonds is 11. The highest BCUT2D eigenvalue weighted by Gasteiger charge is 2.22. The maximum Gasteiger partial charge on any atom is 0.255 e. The molecule has 31 heavy (non-hydrogen) atoms. The molecule has 2 unspecified atom stereocenters. The van der Waals surface area contributed by atoms with Crippen LogP contribution in [0.2, 0.25) is 0 Å². The molecule has 7 nitrogen and oxygen atoms in total. The summed E-state index contributed by atoms with van der Waals surface area (Å²) in [5, 5.41) is 20.0. The van der Waals surface area contributed by atoms with Crippen LogP contribution in [0.5, 0.6) is 5.75 Å². The van der Waals surface area contributed by atoms with Gasteiger partial charge in [0.1, 0.15) is 5.75 Å². The van der Waals surface area contributed by atoms with E-state index in [1.807, 2.05) is 21.6 Å². The summed E-state index contributed by atoms with van der Waals surface area (Å²) in [6, 6.07) is 6.55. The van der Waals surface area contributed by atoms with Crippen LogP contribution >= 0.6 is 21.6 Å². The van der Waals surface area contributed by atoms with E-state index in [1.165, 1.54) is 24.7 Å². The van der Waals surface area contributed by atoms with Crippen LogP contribution < -0.4 is 16.0 Å². The molecule has 0 aromatic heterocycles. The number of carbonyl (C=O) groups is 2. The molecule has 0 radical (unpaired) electrons. The van der Waals surface area contributed by atoms with E-state index in [9.17, 15) is 14.7 Å². The minimum Gasteiger partial charge on any atom is -0.507 e. The second kappa shape index (κ2) is 13.2. The lowest BCUT2D eigenvalue weighted by atomic mass is 10.1. The number of piperazine rings is 1. The van der Waals surface area contributed by atoms with Gasteiger partial charge in [-0.2, -0.15) is 0 Å². The van der Waals surface area contributed by atoms with Gasteiger partial charge in [-0.1, -0.05) is 40.1 Å². The van der Waals surface area contributed by atoms with Gasteiger partial charge in [-0.05, 0) is 31.4 Å². The molecule has 2 fully saturated rings. The Morgan fingerprint density at radius 1 is 1.16 bits per heavy atom. The van der Waals surface area contributed by atoms with Crippen molar-refractivity contribution in [3.05, 3.63) is 29.8 Å². The van der Waals surface area contributed by atoms with Crippen molar-refractivity contribution >= 4 is 33.4 Å². The molecule has 1 aromatic carbocycles. The molecule has 0 saturated carbocycles. The lowest BCUT2D eigenvalue weighted by Crippen LogP contribution is -2.55. The minimum absolute atomic E-state index is 0.0211. The van der Waals surface area contributed by atoms with E-state index in [2.05, 4.69) is 20.9 Å². The summed E-state index contributed by atoms with van der Waals surface area (Å²) in [6.45, 7) is 4.48. The molecule has 0 bridgehead atoms. The van der Waals surface area contributed by atoms with Crippen molar-refractivity contribution < 1.29 is 14.7 Å². The summed E-state index contributed by atoms with van der Waals surface area (Å²) in [7, 11) is 3.96. The Bertz CT molecular complexity index is 710. The smallest absolute Gasteiger partial charge is 0.255 e. The number of amides is 2. The zero-order valence-corrected chi connectivity index (χ0v) is 19.6. The predicted octanol–water partition coefficient (Wildman–Crippen LogP) is 2.23. The highest BCUT2D eigenvalue weighted by Crippen LogP contribution is 2.39. The first-order valence-corrected chi connectivity index (χ1v) is 13.6. The zero-order chi connectivity index (χ0) is 21.9. The topological polar surface area (TPSA) is 93.7 Å². The molecule has 2 aliphatic rings. The molecular weight excluding hydrogens is 432 g/mol. The second-order valence-corrected chi connectivity index (χ2v) is 10.8.